The lowest BCUT2D eigenvalue weighted by Gasteiger charge is -2.18. The fraction of sp³-hybridized carbons (Fsp3) is 0.667. The lowest BCUT2D eigenvalue weighted by Crippen LogP contribution is -2.23. The van der Waals surface area contributed by atoms with Gasteiger partial charge in [0.2, 0.25) is 0 Å². The highest BCUT2D eigenvalue weighted by Crippen LogP contribution is 2.20. The summed E-state index contributed by atoms with van der Waals surface area (Å²) < 4.78 is 6.74. The number of rotatable bonds is 5. The van der Waals surface area contributed by atoms with E-state index in [9.17, 15) is 4.79 Å². The Hall–Kier alpha value is -1.29. The van der Waals surface area contributed by atoms with Gasteiger partial charge < -0.3 is 14.6 Å². The summed E-state index contributed by atoms with van der Waals surface area (Å²) in [6.07, 6.45) is 9.69. The van der Waals surface area contributed by atoms with Gasteiger partial charge in [-0.3, -0.25) is 4.79 Å². The van der Waals surface area contributed by atoms with Crippen LogP contribution < -0.4 is 10.9 Å². The zero-order valence-electron chi connectivity index (χ0n) is 11.7. The monoisotopic (exact) mass is 264 g/mol. The summed E-state index contributed by atoms with van der Waals surface area (Å²) in [5, 5.41) is 3.56. The van der Waals surface area contributed by atoms with Crippen LogP contribution in [0.1, 0.15) is 38.5 Å². The van der Waals surface area contributed by atoms with Crippen LogP contribution in [-0.4, -0.2) is 24.3 Å². The van der Waals surface area contributed by atoms with Crippen molar-refractivity contribution in [3.63, 3.8) is 0 Å². The number of pyridine rings is 1. The molecule has 19 heavy (non-hydrogen) atoms. The van der Waals surface area contributed by atoms with E-state index in [4.69, 9.17) is 4.74 Å². The van der Waals surface area contributed by atoms with Crippen molar-refractivity contribution < 1.29 is 4.74 Å². The van der Waals surface area contributed by atoms with Crippen LogP contribution in [0.4, 0.5) is 5.69 Å². The second kappa shape index (κ2) is 7.34. The second-order valence-corrected chi connectivity index (χ2v) is 5.28. The zero-order chi connectivity index (χ0) is 13.5. The summed E-state index contributed by atoms with van der Waals surface area (Å²) >= 11 is 0. The SMILES string of the molecule is COCCn1cc(NC2CCCCCC2)ccc1=O. The molecule has 0 radical (unpaired) electrons. The molecular weight excluding hydrogens is 240 g/mol. The fourth-order valence-electron chi connectivity index (χ4n) is 2.64. The van der Waals surface area contributed by atoms with Crippen molar-refractivity contribution in [3.8, 4) is 0 Å². The maximum Gasteiger partial charge on any atom is 0.250 e. The molecule has 106 valence electrons. The molecule has 0 unspecified atom stereocenters. The highest BCUT2D eigenvalue weighted by Gasteiger charge is 2.12. The third-order valence-corrected chi connectivity index (χ3v) is 3.75. The van der Waals surface area contributed by atoms with Crippen LogP contribution >= 0.6 is 0 Å². The maximum atomic E-state index is 11.7. The first-order valence-corrected chi connectivity index (χ1v) is 7.25. The minimum Gasteiger partial charge on any atom is -0.383 e. The molecule has 0 amide bonds. The van der Waals surface area contributed by atoms with Gasteiger partial charge in [-0.25, -0.2) is 0 Å². The third kappa shape index (κ3) is 4.39. The smallest absolute Gasteiger partial charge is 0.250 e. The molecule has 2 rings (SSSR count). The minimum atomic E-state index is 0.0310. The van der Waals surface area contributed by atoms with Crippen molar-refractivity contribution in [2.45, 2.75) is 51.1 Å². The van der Waals surface area contributed by atoms with Gasteiger partial charge in [0, 0.05) is 32.0 Å². The highest BCUT2D eigenvalue weighted by atomic mass is 16.5. The van der Waals surface area contributed by atoms with Crippen LogP contribution in [0, 0.1) is 0 Å². The van der Waals surface area contributed by atoms with Crippen LogP contribution in [0.5, 0.6) is 0 Å². The Balaban J connectivity index is 2.01. The van der Waals surface area contributed by atoms with Crippen molar-refractivity contribution in [2.75, 3.05) is 19.0 Å². The van der Waals surface area contributed by atoms with E-state index in [1.807, 2.05) is 12.3 Å². The Morgan fingerprint density at radius 2 is 2.00 bits per heavy atom. The first-order valence-electron chi connectivity index (χ1n) is 7.25. The number of nitrogens with zero attached hydrogens (tertiary/aromatic N) is 1. The molecule has 1 aromatic heterocycles. The number of nitrogens with one attached hydrogen (secondary N) is 1. The molecular formula is C15H24N2O2. The molecule has 1 saturated carbocycles. The van der Waals surface area contributed by atoms with Gasteiger partial charge in [0.1, 0.15) is 0 Å². The molecule has 0 atom stereocenters. The van der Waals surface area contributed by atoms with Crippen molar-refractivity contribution in [2.24, 2.45) is 0 Å². The molecule has 0 spiro atoms. The van der Waals surface area contributed by atoms with Gasteiger partial charge in [-0.15, -0.1) is 0 Å². The van der Waals surface area contributed by atoms with Crippen LogP contribution in [0.25, 0.3) is 0 Å². The van der Waals surface area contributed by atoms with Gasteiger partial charge in [-0.05, 0) is 18.9 Å². The van der Waals surface area contributed by atoms with Gasteiger partial charge >= 0.3 is 0 Å². The average Bonchev–Trinajstić information content (AvgIpc) is 2.68. The molecule has 1 aliphatic rings. The average molecular weight is 264 g/mol. The highest BCUT2D eigenvalue weighted by molar-refractivity contribution is 5.41. The first kappa shape index (κ1) is 14.1. The molecule has 0 aliphatic heterocycles. The Labute approximate surface area is 114 Å². The van der Waals surface area contributed by atoms with E-state index in [0.29, 0.717) is 19.2 Å². The van der Waals surface area contributed by atoms with E-state index in [0.717, 1.165) is 5.69 Å². The summed E-state index contributed by atoms with van der Waals surface area (Å²) in [7, 11) is 1.65. The van der Waals surface area contributed by atoms with E-state index in [-0.39, 0.29) is 5.56 Å². The number of hydrogen-bond donors (Lipinski definition) is 1. The number of ether oxygens (including phenoxy) is 1. The molecule has 1 heterocycles. The molecule has 1 fully saturated rings. The topological polar surface area (TPSA) is 43.3 Å². The number of anilines is 1. The Bertz CT molecular complexity index is 434. The first-order chi connectivity index (χ1) is 9.29. The van der Waals surface area contributed by atoms with E-state index < -0.39 is 0 Å². The van der Waals surface area contributed by atoms with Crippen molar-refractivity contribution in [3.05, 3.63) is 28.7 Å². The van der Waals surface area contributed by atoms with E-state index in [2.05, 4.69) is 5.32 Å². The molecule has 1 aliphatic carbocycles. The van der Waals surface area contributed by atoms with Gasteiger partial charge in [-0.2, -0.15) is 0 Å². The Morgan fingerprint density at radius 1 is 1.26 bits per heavy atom. The number of hydrogen-bond acceptors (Lipinski definition) is 3. The van der Waals surface area contributed by atoms with Crippen LogP contribution in [0.3, 0.4) is 0 Å². The second-order valence-electron chi connectivity index (χ2n) is 5.28. The Kier molecular flexibility index (Phi) is 5.45. The van der Waals surface area contributed by atoms with E-state index >= 15 is 0 Å². The predicted octanol–water partition coefficient (Wildman–Crippen LogP) is 2.63. The summed E-state index contributed by atoms with van der Waals surface area (Å²) in [5.74, 6) is 0. The van der Waals surface area contributed by atoms with E-state index in [1.54, 1.807) is 17.7 Å². The van der Waals surface area contributed by atoms with E-state index in [1.165, 1.54) is 38.5 Å². The summed E-state index contributed by atoms with van der Waals surface area (Å²) in [6, 6.07) is 4.07. The summed E-state index contributed by atoms with van der Waals surface area (Å²) in [5.41, 5.74) is 1.08. The van der Waals surface area contributed by atoms with Gasteiger partial charge in [-0.1, -0.05) is 25.7 Å². The molecule has 4 nitrogen and oxygen atoms in total. The molecule has 1 aromatic rings. The van der Waals surface area contributed by atoms with Crippen LogP contribution in [-0.2, 0) is 11.3 Å². The predicted molar refractivity (Wildman–Crippen MR) is 77.7 cm³/mol. The number of aromatic nitrogens is 1. The molecule has 0 bridgehead atoms. The summed E-state index contributed by atoms with van der Waals surface area (Å²) in [6.45, 7) is 1.17. The van der Waals surface area contributed by atoms with Gasteiger partial charge in [0.05, 0.1) is 12.3 Å². The largest absolute Gasteiger partial charge is 0.383 e. The van der Waals surface area contributed by atoms with Gasteiger partial charge in [0.25, 0.3) is 5.56 Å². The normalized spacial score (nSPS) is 17.1. The number of methoxy groups -OCH3 is 1. The minimum absolute atomic E-state index is 0.0310. The molecule has 0 saturated heterocycles. The maximum absolute atomic E-state index is 11.7. The van der Waals surface area contributed by atoms with Crippen LogP contribution in [0.15, 0.2) is 23.1 Å². The van der Waals surface area contributed by atoms with Crippen molar-refractivity contribution in [1.82, 2.24) is 4.57 Å². The molecule has 1 N–H and O–H groups in total. The third-order valence-electron chi connectivity index (χ3n) is 3.75. The molecule has 4 heteroatoms. The fourth-order valence-corrected chi connectivity index (χ4v) is 2.64. The molecule has 0 aromatic carbocycles. The Morgan fingerprint density at radius 3 is 2.68 bits per heavy atom. The van der Waals surface area contributed by atoms with Gasteiger partial charge in [0.15, 0.2) is 0 Å². The standard InChI is InChI=1S/C15H24N2O2/c1-19-11-10-17-12-14(8-9-15(17)18)16-13-6-4-2-3-5-7-13/h8-9,12-13,16H,2-7,10-11H2,1H3. The lowest BCUT2D eigenvalue weighted by atomic mass is 10.1. The van der Waals surface area contributed by atoms with Crippen molar-refractivity contribution in [1.29, 1.82) is 0 Å². The zero-order valence-corrected chi connectivity index (χ0v) is 11.7. The lowest BCUT2D eigenvalue weighted by molar-refractivity contribution is 0.186. The quantitative estimate of drug-likeness (QED) is 0.831. The van der Waals surface area contributed by atoms with Crippen molar-refractivity contribution >= 4 is 5.69 Å². The van der Waals surface area contributed by atoms with Crippen LogP contribution in [0.2, 0.25) is 0 Å². The summed E-state index contributed by atoms with van der Waals surface area (Å²) in [4.78, 5) is 11.7.